The Balaban J connectivity index is 1.39. The van der Waals surface area contributed by atoms with Crippen LogP contribution in [0.2, 0.25) is 0 Å². The number of carbonyl (C=O) groups is 1. The first-order valence-corrected chi connectivity index (χ1v) is 10.9. The molecule has 1 aliphatic rings. The third kappa shape index (κ3) is 5.42. The summed E-state index contributed by atoms with van der Waals surface area (Å²) < 4.78 is 1.78. The Morgan fingerprint density at radius 3 is 2.55 bits per heavy atom. The summed E-state index contributed by atoms with van der Waals surface area (Å²) in [6.07, 6.45) is 5.56. The van der Waals surface area contributed by atoms with Crippen LogP contribution in [-0.2, 0) is 6.54 Å². The molecule has 1 saturated heterocycles. The fourth-order valence-corrected chi connectivity index (χ4v) is 3.88. The summed E-state index contributed by atoms with van der Waals surface area (Å²) in [5.41, 5.74) is 4.72. The largest absolute Gasteiger partial charge is 0.383 e. The molecule has 0 radical (unpaired) electrons. The topological polar surface area (TPSA) is 75.1 Å². The molecule has 2 heterocycles. The van der Waals surface area contributed by atoms with Crippen LogP contribution < -0.4 is 15.5 Å². The van der Waals surface area contributed by atoms with Crippen molar-refractivity contribution in [1.82, 2.24) is 14.8 Å². The van der Waals surface area contributed by atoms with E-state index in [0.717, 1.165) is 54.7 Å². The first-order valence-electron chi connectivity index (χ1n) is 10.9. The Bertz CT molecular complexity index is 991. The summed E-state index contributed by atoms with van der Waals surface area (Å²) in [6.45, 7) is 7.86. The van der Waals surface area contributed by atoms with Gasteiger partial charge >= 0.3 is 0 Å². The Kier molecular flexibility index (Phi) is 6.50. The molecule has 7 nitrogen and oxygen atoms in total. The number of hydrogen-bond acceptors (Lipinski definition) is 5. The smallest absolute Gasteiger partial charge is 0.257 e. The Labute approximate surface area is 183 Å². The summed E-state index contributed by atoms with van der Waals surface area (Å²) in [5, 5.41) is 10.5. The highest BCUT2D eigenvalue weighted by atomic mass is 16.1. The van der Waals surface area contributed by atoms with Crippen LogP contribution in [0.15, 0.2) is 55.1 Å². The average Bonchev–Trinajstić information content (AvgIpc) is 3.29. The maximum absolute atomic E-state index is 13.1. The van der Waals surface area contributed by atoms with Crippen LogP contribution in [0.25, 0.3) is 0 Å². The number of hydrogen-bond donors (Lipinski definition) is 2. The van der Waals surface area contributed by atoms with Crippen LogP contribution in [-0.4, -0.2) is 40.3 Å². The van der Waals surface area contributed by atoms with Crippen molar-refractivity contribution in [2.24, 2.45) is 5.92 Å². The Hall–Kier alpha value is -3.35. The molecule has 1 amide bonds. The lowest BCUT2D eigenvalue weighted by molar-refractivity contribution is 0.102. The van der Waals surface area contributed by atoms with Crippen LogP contribution in [0.4, 0.5) is 17.1 Å². The second-order valence-electron chi connectivity index (χ2n) is 8.31. The molecule has 4 rings (SSSR count). The van der Waals surface area contributed by atoms with Gasteiger partial charge < -0.3 is 15.5 Å². The molecule has 1 aromatic heterocycles. The highest BCUT2D eigenvalue weighted by molar-refractivity contribution is 6.08. The summed E-state index contributed by atoms with van der Waals surface area (Å²) in [5.74, 6) is 0.683. The molecule has 7 heteroatoms. The zero-order valence-corrected chi connectivity index (χ0v) is 18.2. The van der Waals surface area contributed by atoms with Gasteiger partial charge in [0.2, 0.25) is 0 Å². The normalized spacial score (nSPS) is 14.5. The van der Waals surface area contributed by atoms with E-state index in [1.54, 1.807) is 11.0 Å². The van der Waals surface area contributed by atoms with Crippen LogP contribution in [0, 0.1) is 12.8 Å². The lowest BCUT2D eigenvalue weighted by atomic mass is 9.97. The van der Waals surface area contributed by atoms with Crippen molar-refractivity contribution in [2.45, 2.75) is 33.2 Å². The van der Waals surface area contributed by atoms with Crippen LogP contribution in [0.1, 0.15) is 35.7 Å². The van der Waals surface area contributed by atoms with Gasteiger partial charge in [0.15, 0.2) is 0 Å². The van der Waals surface area contributed by atoms with E-state index in [2.05, 4.69) is 45.5 Å². The molecule has 0 aliphatic carbocycles. The molecule has 0 atom stereocenters. The Morgan fingerprint density at radius 1 is 1.10 bits per heavy atom. The van der Waals surface area contributed by atoms with Crippen molar-refractivity contribution in [1.29, 1.82) is 0 Å². The predicted molar refractivity (Wildman–Crippen MR) is 125 cm³/mol. The summed E-state index contributed by atoms with van der Waals surface area (Å²) in [4.78, 5) is 19.4. The quantitative estimate of drug-likeness (QED) is 0.602. The van der Waals surface area contributed by atoms with Crippen molar-refractivity contribution in [3.63, 3.8) is 0 Å². The number of rotatable bonds is 7. The monoisotopic (exact) mass is 418 g/mol. The van der Waals surface area contributed by atoms with E-state index in [-0.39, 0.29) is 5.91 Å². The van der Waals surface area contributed by atoms with Crippen molar-refractivity contribution in [2.75, 3.05) is 35.2 Å². The summed E-state index contributed by atoms with van der Waals surface area (Å²) >= 11 is 0. The molecule has 3 aromatic rings. The van der Waals surface area contributed by atoms with E-state index < -0.39 is 0 Å². The van der Waals surface area contributed by atoms with E-state index >= 15 is 0 Å². The van der Waals surface area contributed by atoms with Gasteiger partial charge in [-0.1, -0.05) is 13.0 Å². The molecular formula is C24H30N6O. The van der Waals surface area contributed by atoms with E-state index in [1.165, 1.54) is 24.7 Å². The van der Waals surface area contributed by atoms with Gasteiger partial charge in [-0.05, 0) is 67.6 Å². The standard InChI is InChI=1S/C24H30N6O/c1-18-9-12-29(13-10-18)23-15-19(2)3-8-22(23)24(31)28-21-6-4-20(5-7-21)26-11-14-30-17-25-16-27-30/h3-8,15-18,26H,9-14H2,1-2H3,(H,28,31). The van der Waals surface area contributed by atoms with Gasteiger partial charge in [-0.25, -0.2) is 4.98 Å². The van der Waals surface area contributed by atoms with Gasteiger partial charge in [-0.3, -0.25) is 9.48 Å². The zero-order valence-electron chi connectivity index (χ0n) is 18.2. The van der Waals surface area contributed by atoms with Gasteiger partial charge in [-0.15, -0.1) is 0 Å². The van der Waals surface area contributed by atoms with Crippen molar-refractivity contribution < 1.29 is 4.79 Å². The maximum atomic E-state index is 13.1. The number of aryl methyl sites for hydroxylation is 1. The highest BCUT2D eigenvalue weighted by Crippen LogP contribution is 2.28. The van der Waals surface area contributed by atoms with Crippen molar-refractivity contribution in [3.8, 4) is 0 Å². The van der Waals surface area contributed by atoms with Crippen molar-refractivity contribution >= 4 is 23.0 Å². The molecule has 31 heavy (non-hydrogen) atoms. The number of benzene rings is 2. The molecule has 1 fully saturated rings. The van der Waals surface area contributed by atoms with Crippen molar-refractivity contribution in [3.05, 3.63) is 66.2 Å². The molecule has 0 unspecified atom stereocenters. The third-order valence-electron chi connectivity index (χ3n) is 5.80. The van der Waals surface area contributed by atoms with E-state index in [9.17, 15) is 4.79 Å². The number of nitrogens with one attached hydrogen (secondary N) is 2. The number of amides is 1. The van der Waals surface area contributed by atoms with Crippen LogP contribution >= 0.6 is 0 Å². The molecule has 2 N–H and O–H groups in total. The zero-order chi connectivity index (χ0) is 21.6. The number of nitrogens with zero attached hydrogens (tertiary/aromatic N) is 4. The second-order valence-corrected chi connectivity index (χ2v) is 8.31. The summed E-state index contributed by atoms with van der Waals surface area (Å²) in [6, 6.07) is 13.9. The molecule has 0 spiro atoms. The second kappa shape index (κ2) is 9.64. The van der Waals surface area contributed by atoms with Crippen LogP contribution in [0.3, 0.4) is 0 Å². The van der Waals surface area contributed by atoms with Gasteiger partial charge in [0.05, 0.1) is 12.1 Å². The lowest BCUT2D eigenvalue weighted by Crippen LogP contribution is -2.34. The van der Waals surface area contributed by atoms with Gasteiger partial charge in [0, 0.05) is 36.7 Å². The maximum Gasteiger partial charge on any atom is 0.257 e. The molecular weight excluding hydrogens is 388 g/mol. The molecule has 162 valence electrons. The first kappa shape index (κ1) is 20.9. The van der Waals surface area contributed by atoms with E-state index in [4.69, 9.17) is 0 Å². The highest BCUT2D eigenvalue weighted by Gasteiger charge is 2.21. The minimum atomic E-state index is -0.0690. The summed E-state index contributed by atoms with van der Waals surface area (Å²) in [7, 11) is 0. The van der Waals surface area contributed by atoms with Crippen LogP contribution in [0.5, 0.6) is 0 Å². The van der Waals surface area contributed by atoms with Gasteiger partial charge in [0.25, 0.3) is 5.91 Å². The predicted octanol–water partition coefficient (Wildman–Crippen LogP) is 4.19. The lowest BCUT2D eigenvalue weighted by Gasteiger charge is -2.33. The fourth-order valence-electron chi connectivity index (χ4n) is 3.88. The number of aromatic nitrogens is 3. The molecule has 0 bridgehead atoms. The third-order valence-corrected chi connectivity index (χ3v) is 5.80. The molecule has 0 saturated carbocycles. The van der Waals surface area contributed by atoms with Gasteiger partial charge in [-0.2, -0.15) is 5.10 Å². The average molecular weight is 419 g/mol. The number of piperidine rings is 1. The Morgan fingerprint density at radius 2 is 1.84 bits per heavy atom. The van der Waals surface area contributed by atoms with E-state index in [0.29, 0.717) is 0 Å². The number of anilines is 3. The number of carbonyl (C=O) groups excluding carboxylic acids is 1. The van der Waals surface area contributed by atoms with Gasteiger partial charge in [0.1, 0.15) is 12.7 Å². The fraction of sp³-hybridized carbons (Fsp3) is 0.375. The minimum absolute atomic E-state index is 0.0690. The van der Waals surface area contributed by atoms with E-state index in [1.807, 2.05) is 36.4 Å². The molecule has 1 aliphatic heterocycles. The molecule has 2 aromatic carbocycles. The minimum Gasteiger partial charge on any atom is -0.383 e. The first-order chi connectivity index (χ1) is 15.1. The SMILES string of the molecule is Cc1ccc(C(=O)Nc2ccc(NCCn3cncn3)cc2)c(N2CCC(C)CC2)c1.